The van der Waals surface area contributed by atoms with E-state index in [1.807, 2.05) is 13.8 Å². The lowest BCUT2D eigenvalue weighted by molar-refractivity contribution is -0.138. The number of nitrogens with zero attached hydrogens (tertiary/aromatic N) is 2. The smallest absolute Gasteiger partial charge is 0.419 e. The predicted octanol–water partition coefficient (Wildman–Crippen LogP) is 4.42. The van der Waals surface area contributed by atoms with Crippen LogP contribution in [0.25, 0.3) is 0 Å². The first-order chi connectivity index (χ1) is 15.0. The lowest BCUT2D eigenvalue weighted by atomic mass is 9.89. The second kappa shape index (κ2) is 9.54. The largest absolute Gasteiger partial charge is 0.478 e. The van der Waals surface area contributed by atoms with Crippen LogP contribution in [0.1, 0.15) is 54.7 Å². The zero-order valence-corrected chi connectivity index (χ0v) is 17.7. The van der Waals surface area contributed by atoms with Gasteiger partial charge in [-0.1, -0.05) is 6.42 Å². The van der Waals surface area contributed by atoms with Gasteiger partial charge in [0.05, 0.1) is 16.8 Å². The van der Waals surface area contributed by atoms with Crippen LogP contribution in [0.2, 0.25) is 0 Å². The number of halogens is 3. The predicted molar refractivity (Wildman–Crippen MR) is 112 cm³/mol. The number of alkyl halides is 3. The molecule has 0 saturated heterocycles. The molecule has 1 aromatic heterocycles. The van der Waals surface area contributed by atoms with Gasteiger partial charge in [-0.2, -0.15) is 13.2 Å². The van der Waals surface area contributed by atoms with Gasteiger partial charge in [0.2, 0.25) is 11.9 Å². The van der Waals surface area contributed by atoms with E-state index in [4.69, 9.17) is 5.11 Å². The molecule has 3 rings (SSSR count). The maximum Gasteiger partial charge on any atom is 0.419 e. The Kier molecular flexibility index (Phi) is 7.00. The maximum absolute atomic E-state index is 13.6. The highest BCUT2D eigenvalue weighted by Gasteiger charge is 2.39. The highest BCUT2D eigenvalue weighted by atomic mass is 19.4. The third-order valence-electron chi connectivity index (χ3n) is 5.44. The zero-order valence-electron chi connectivity index (χ0n) is 17.7. The number of carboxylic acid groups (broad SMARTS) is 1. The summed E-state index contributed by atoms with van der Waals surface area (Å²) in [6, 6.07) is 5.65. The Morgan fingerprint density at radius 1 is 1.19 bits per heavy atom. The minimum atomic E-state index is -4.62. The number of carbonyl (C=O) groups is 2. The van der Waals surface area contributed by atoms with E-state index in [1.165, 1.54) is 24.3 Å². The van der Waals surface area contributed by atoms with E-state index in [2.05, 4.69) is 20.6 Å². The molecule has 0 unspecified atom stereocenters. The molecule has 0 aliphatic heterocycles. The molecule has 1 amide bonds. The van der Waals surface area contributed by atoms with Crippen molar-refractivity contribution in [3.05, 3.63) is 47.3 Å². The number of anilines is 2. The van der Waals surface area contributed by atoms with Crippen molar-refractivity contribution < 1.29 is 27.9 Å². The van der Waals surface area contributed by atoms with Crippen molar-refractivity contribution in [2.45, 2.75) is 51.7 Å². The van der Waals surface area contributed by atoms with Gasteiger partial charge < -0.3 is 15.7 Å². The van der Waals surface area contributed by atoms with E-state index in [1.54, 1.807) is 0 Å². The van der Waals surface area contributed by atoms with Crippen molar-refractivity contribution in [1.29, 1.82) is 0 Å². The van der Waals surface area contributed by atoms with Crippen molar-refractivity contribution in [2.75, 3.05) is 5.32 Å². The third-order valence-corrected chi connectivity index (χ3v) is 5.44. The van der Waals surface area contributed by atoms with Crippen LogP contribution < -0.4 is 10.6 Å². The number of rotatable bonds is 7. The van der Waals surface area contributed by atoms with Crippen LogP contribution in [0.4, 0.5) is 24.8 Å². The van der Waals surface area contributed by atoms with Crippen molar-refractivity contribution in [3.63, 3.8) is 0 Å². The second-order valence-corrected chi connectivity index (χ2v) is 8.22. The lowest BCUT2D eigenvalue weighted by Gasteiger charge is -2.22. The number of nitrogens with one attached hydrogen (secondary N) is 2. The molecule has 1 heterocycles. The number of amides is 1. The van der Waals surface area contributed by atoms with Crippen LogP contribution in [0, 0.1) is 11.8 Å². The zero-order chi connectivity index (χ0) is 23.5. The topological polar surface area (TPSA) is 104 Å². The first-order valence-electron chi connectivity index (χ1n) is 10.4. The molecule has 3 N–H and O–H groups in total. The fourth-order valence-corrected chi connectivity index (χ4v) is 3.96. The molecule has 2 aromatic rings. The summed E-state index contributed by atoms with van der Waals surface area (Å²) in [6.07, 6.45) is -1.80. The Labute approximate surface area is 183 Å². The normalized spacial score (nSPS) is 18.6. The minimum Gasteiger partial charge on any atom is -0.478 e. The summed E-state index contributed by atoms with van der Waals surface area (Å²) >= 11 is 0. The van der Waals surface area contributed by atoms with E-state index < -0.39 is 17.7 Å². The number of hydrogen-bond acceptors (Lipinski definition) is 5. The van der Waals surface area contributed by atoms with Gasteiger partial charge in [0.1, 0.15) is 0 Å². The van der Waals surface area contributed by atoms with Gasteiger partial charge in [0.15, 0.2) is 0 Å². The van der Waals surface area contributed by atoms with Gasteiger partial charge in [-0.15, -0.1) is 0 Å². The summed E-state index contributed by atoms with van der Waals surface area (Å²) in [5.74, 6) is -1.85. The number of carboxylic acids is 1. The Morgan fingerprint density at radius 2 is 1.88 bits per heavy atom. The average Bonchev–Trinajstić information content (AvgIpc) is 3.15. The molecule has 0 bridgehead atoms. The summed E-state index contributed by atoms with van der Waals surface area (Å²) in [6.45, 7) is 3.68. The SMILES string of the molecule is CC(C)NC(=O)[C@@H]1CCC[C@@H]1Cc1nc(Nc2ccc(C(=O)O)cc2)ncc1C(F)(F)F. The molecular formula is C22H25F3N4O3. The quantitative estimate of drug-likeness (QED) is 0.577. The van der Waals surface area contributed by atoms with Crippen molar-refractivity contribution in [3.8, 4) is 0 Å². The molecule has 0 spiro atoms. The summed E-state index contributed by atoms with van der Waals surface area (Å²) in [4.78, 5) is 31.4. The van der Waals surface area contributed by atoms with Crippen LogP contribution in [0.5, 0.6) is 0 Å². The Hall–Kier alpha value is -3.17. The summed E-state index contributed by atoms with van der Waals surface area (Å²) in [5.41, 5.74) is -0.558. The van der Waals surface area contributed by atoms with Crippen LogP contribution in [-0.2, 0) is 17.4 Å². The van der Waals surface area contributed by atoms with Crippen molar-refractivity contribution >= 4 is 23.5 Å². The van der Waals surface area contributed by atoms with Crippen LogP contribution >= 0.6 is 0 Å². The van der Waals surface area contributed by atoms with Gasteiger partial charge in [-0.25, -0.2) is 14.8 Å². The van der Waals surface area contributed by atoms with E-state index in [0.717, 1.165) is 12.6 Å². The number of hydrogen-bond donors (Lipinski definition) is 3. The van der Waals surface area contributed by atoms with E-state index in [9.17, 15) is 22.8 Å². The molecule has 1 saturated carbocycles. The highest BCUT2D eigenvalue weighted by Crippen LogP contribution is 2.38. The summed E-state index contributed by atoms with van der Waals surface area (Å²) in [7, 11) is 0. The molecule has 0 radical (unpaired) electrons. The van der Waals surface area contributed by atoms with Gasteiger partial charge in [0, 0.05) is 23.8 Å². The number of aromatic nitrogens is 2. The summed E-state index contributed by atoms with van der Waals surface area (Å²) in [5, 5.41) is 14.6. The first-order valence-corrected chi connectivity index (χ1v) is 10.4. The molecular weight excluding hydrogens is 425 g/mol. The molecule has 2 atom stereocenters. The monoisotopic (exact) mass is 450 g/mol. The number of aromatic carboxylic acids is 1. The van der Waals surface area contributed by atoms with E-state index in [0.29, 0.717) is 18.5 Å². The van der Waals surface area contributed by atoms with Crippen LogP contribution in [0.15, 0.2) is 30.5 Å². The maximum atomic E-state index is 13.6. The fourth-order valence-electron chi connectivity index (χ4n) is 3.96. The Morgan fingerprint density at radius 3 is 2.47 bits per heavy atom. The van der Waals surface area contributed by atoms with Crippen LogP contribution in [-0.4, -0.2) is 33.0 Å². The van der Waals surface area contributed by atoms with Crippen molar-refractivity contribution in [1.82, 2.24) is 15.3 Å². The molecule has 1 fully saturated rings. The van der Waals surface area contributed by atoms with Gasteiger partial charge in [-0.05, 0) is 63.3 Å². The van der Waals surface area contributed by atoms with E-state index in [-0.39, 0.29) is 47.4 Å². The average molecular weight is 450 g/mol. The number of benzene rings is 1. The molecule has 1 aliphatic carbocycles. The molecule has 1 aliphatic rings. The van der Waals surface area contributed by atoms with Crippen LogP contribution in [0.3, 0.4) is 0 Å². The molecule has 1 aromatic carbocycles. The van der Waals surface area contributed by atoms with Crippen molar-refractivity contribution in [2.24, 2.45) is 11.8 Å². The van der Waals surface area contributed by atoms with Gasteiger partial charge >= 0.3 is 12.1 Å². The lowest BCUT2D eigenvalue weighted by Crippen LogP contribution is -2.37. The standard InChI is InChI=1S/C22H25F3N4O3/c1-12(2)27-19(30)16-5-3-4-14(16)10-18-17(22(23,24)25)11-26-21(29-18)28-15-8-6-13(7-9-15)20(31)32/h6-9,11-12,14,16H,3-5,10H2,1-2H3,(H,27,30)(H,31,32)(H,26,28,29)/t14-,16-/m1/s1. The van der Waals surface area contributed by atoms with Gasteiger partial charge in [-0.3, -0.25) is 4.79 Å². The third kappa shape index (κ3) is 5.74. The molecule has 7 nitrogen and oxygen atoms in total. The van der Waals surface area contributed by atoms with E-state index >= 15 is 0 Å². The molecule has 32 heavy (non-hydrogen) atoms. The second-order valence-electron chi connectivity index (χ2n) is 8.22. The Bertz CT molecular complexity index is 977. The molecule has 172 valence electrons. The summed E-state index contributed by atoms with van der Waals surface area (Å²) < 4.78 is 40.8. The minimum absolute atomic E-state index is 0.0141. The number of carbonyl (C=O) groups excluding carboxylic acids is 1. The Balaban J connectivity index is 1.84. The molecule has 10 heteroatoms. The highest BCUT2D eigenvalue weighted by molar-refractivity contribution is 5.88. The van der Waals surface area contributed by atoms with Gasteiger partial charge in [0.25, 0.3) is 0 Å². The first kappa shape index (κ1) is 23.5. The fraction of sp³-hybridized carbons (Fsp3) is 0.455.